The van der Waals surface area contributed by atoms with E-state index in [1.807, 2.05) is 0 Å². The Hall–Kier alpha value is -1.44. The molecule has 0 aromatic carbocycles. The first kappa shape index (κ1) is 16.4. The van der Waals surface area contributed by atoms with Gasteiger partial charge in [0.1, 0.15) is 5.00 Å². The number of nitrogens with one attached hydrogen (secondary N) is 2. The van der Waals surface area contributed by atoms with E-state index in [9.17, 15) is 14.7 Å². The van der Waals surface area contributed by atoms with Crippen molar-refractivity contribution in [1.29, 1.82) is 0 Å². The van der Waals surface area contributed by atoms with E-state index >= 15 is 0 Å². The zero-order valence-electron chi connectivity index (χ0n) is 13.4. The molecule has 1 amide bonds. The van der Waals surface area contributed by atoms with Crippen LogP contribution in [0.1, 0.15) is 34.1 Å². The molecule has 126 valence electrons. The van der Waals surface area contributed by atoms with Gasteiger partial charge in [0.25, 0.3) is 5.91 Å². The van der Waals surface area contributed by atoms with Crippen molar-refractivity contribution in [3.8, 4) is 0 Å². The zero-order chi connectivity index (χ0) is 16.4. The summed E-state index contributed by atoms with van der Waals surface area (Å²) in [5.74, 6) is -1.28. The van der Waals surface area contributed by atoms with Gasteiger partial charge in [-0.1, -0.05) is 6.92 Å². The lowest BCUT2D eigenvalue weighted by Crippen LogP contribution is -3.15. The molecule has 3 rings (SSSR count). The predicted molar refractivity (Wildman–Crippen MR) is 87.0 cm³/mol. The number of nitrogens with zero attached hydrogens (tertiary/aromatic N) is 1. The fourth-order valence-corrected chi connectivity index (χ4v) is 4.76. The van der Waals surface area contributed by atoms with E-state index in [0.717, 1.165) is 62.4 Å². The molecule has 6 nitrogen and oxygen atoms in total. The first-order valence-corrected chi connectivity index (χ1v) is 9.11. The zero-order valence-corrected chi connectivity index (χ0v) is 14.3. The van der Waals surface area contributed by atoms with Gasteiger partial charge >= 0.3 is 0 Å². The molecule has 0 radical (unpaired) electrons. The molecule has 7 heteroatoms. The van der Waals surface area contributed by atoms with Crippen molar-refractivity contribution in [3.05, 3.63) is 16.0 Å². The Kier molecular flexibility index (Phi) is 4.99. The number of thiophene rings is 1. The average molecular weight is 337 g/mol. The molecule has 0 bridgehead atoms. The van der Waals surface area contributed by atoms with E-state index in [4.69, 9.17) is 0 Å². The van der Waals surface area contributed by atoms with Crippen LogP contribution >= 0.6 is 11.3 Å². The lowest BCUT2D eigenvalue weighted by molar-refractivity contribution is -0.896. The number of hydrogen-bond donors (Lipinski definition) is 2. The smallest absolute Gasteiger partial charge is 0.280 e. The van der Waals surface area contributed by atoms with Crippen LogP contribution in [0.3, 0.4) is 0 Å². The Morgan fingerprint density at radius 1 is 1.30 bits per heavy atom. The quantitative estimate of drug-likeness (QED) is 0.705. The summed E-state index contributed by atoms with van der Waals surface area (Å²) in [6.45, 7) is 7.52. The fourth-order valence-electron chi connectivity index (χ4n) is 3.47. The maximum atomic E-state index is 12.3. The Morgan fingerprint density at radius 3 is 2.70 bits per heavy atom. The molecule has 0 saturated carbocycles. The Balaban J connectivity index is 1.61. The van der Waals surface area contributed by atoms with Crippen LogP contribution in [0.2, 0.25) is 0 Å². The number of carboxylic acids is 1. The molecular formula is C16H23N3O3S. The number of carbonyl (C=O) groups excluding carboxylic acids is 2. The van der Waals surface area contributed by atoms with E-state index in [1.54, 1.807) is 0 Å². The first-order chi connectivity index (χ1) is 11.1. The van der Waals surface area contributed by atoms with Gasteiger partial charge in [-0.25, -0.2) is 0 Å². The maximum absolute atomic E-state index is 12.3. The minimum Gasteiger partial charge on any atom is -0.545 e. The number of rotatable bonds is 5. The number of fused-ring (bicyclic) bond motifs is 1. The van der Waals surface area contributed by atoms with Gasteiger partial charge in [0.15, 0.2) is 6.54 Å². The molecule has 23 heavy (non-hydrogen) atoms. The number of piperazine rings is 1. The van der Waals surface area contributed by atoms with Crippen LogP contribution < -0.4 is 15.3 Å². The number of aryl methyl sites for hydroxylation is 1. The average Bonchev–Trinajstić information content (AvgIpc) is 3.07. The number of carboxylic acid groups (broad SMARTS) is 1. The van der Waals surface area contributed by atoms with Crippen LogP contribution in [-0.4, -0.2) is 56.0 Å². The molecule has 2 aliphatic rings. The topological polar surface area (TPSA) is 76.9 Å². The SMILES string of the molecule is CCN1CC[NH+](CC(=O)Nc2sc3c(c2C(=O)[O-])CCC3)CC1. The third-order valence-electron chi connectivity index (χ3n) is 4.80. The number of carbonyl (C=O) groups is 2. The summed E-state index contributed by atoms with van der Waals surface area (Å²) in [6.07, 6.45) is 2.66. The second kappa shape index (κ2) is 6.98. The summed E-state index contributed by atoms with van der Waals surface area (Å²) in [5, 5.41) is 14.7. The van der Waals surface area contributed by atoms with Gasteiger partial charge in [0.05, 0.1) is 19.1 Å². The van der Waals surface area contributed by atoms with E-state index in [-0.39, 0.29) is 11.5 Å². The van der Waals surface area contributed by atoms with Crippen molar-refractivity contribution < 1.29 is 19.6 Å². The van der Waals surface area contributed by atoms with Crippen molar-refractivity contribution in [3.63, 3.8) is 0 Å². The molecule has 2 heterocycles. The molecule has 1 fully saturated rings. The number of amides is 1. The maximum Gasteiger partial charge on any atom is 0.280 e. The highest BCUT2D eigenvalue weighted by atomic mass is 32.1. The number of aromatic carboxylic acids is 1. The fraction of sp³-hybridized carbons (Fsp3) is 0.625. The summed E-state index contributed by atoms with van der Waals surface area (Å²) in [6, 6.07) is 0. The Bertz CT molecular complexity index is 606. The predicted octanol–water partition coefficient (Wildman–Crippen LogP) is -1.24. The number of likely N-dealkylation sites (N-methyl/N-ethyl adjacent to an activating group) is 1. The minimum absolute atomic E-state index is 0.104. The van der Waals surface area contributed by atoms with Crippen LogP contribution in [0.15, 0.2) is 0 Å². The van der Waals surface area contributed by atoms with E-state index in [1.165, 1.54) is 16.2 Å². The molecule has 1 aromatic rings. The number of hydrogen-bond acceptors (Lipinski definition) is 5. The van der Waals surface area contributed by atoms with E-state index in [2.05, 4.69) is 17.1 Å². The highest BCUT2D eigenvalue weighted by Gasteiger charge is 2.25. The van der Waals surface area contributed by atoms with Gasteiger partial charge in [-0.2, -0.15) is 0 Å². The standard InChI is InChI=1S/C16H23N3O3S/c1-2-18-6-8-19(9-7-18)10-13(20)17-15-14(16(21)22)11-4-3-5-12(11)23-15/h2-10H2,1H3,(H,17,20)(H,21,22). The monoisotopic (exact) mass is 337 g/mol. The van der Waals surface area contributed by atoms with Gasteiger partial charge in [-0.15, -0.1) is 11.3 Å². The first-order valence-electron chi connectivity index (χ1n) is 8.30. The lowest BCUT2D eigenvalue weighted by atomic mass is 10.1. The van der Waals surface area contributed by atoms with Crippen LogP contribution in [0, 0.1) is 0 Å². The molecular weight excluding hydrogens is 314 g/mol. The third kappa shape index (κ3) is 3.57. The Labute approximate surface area is 140 Å². The molecule has 1 aromatic heterocycles. The molecule has 0 atom stereocenters. The molecule has 1 aliphatic heterocycles. The molecule has 1 aliphatic carbocycles. The van der Waals surface area contributed by atoms with E-state index in [0.29, 0.717) is 11.5 Å². The summed E-state index contributed by atoms with van der Waals surface area (Å²) in [4.78, 5) is 28.4. The minimum atomic E-state index is -1.18. The normalized spacial score (nSPS) is 18.8. The summed E-state index contributed by atoms with van der Waals surface area (Å²) in [5.41, 5.74) is 1.08. The molecule has 1 saturated heterocycles. The largest absolute Gasteiger partial charge is 0.545 e. The van der Waals surface area contributed by atoms with Gasteiger partial charge in [0.2, 0.25) is 0 Å². The van der Waals surface area contributed by atoms with Crippen LogP contribution in [0.25, 0.3) is 0 Å². The lowest BCUT2D eigenvalue weighted by Gasteiger charge is -2.30. The molecule has 0 spiro atoms. The van der Waals surface area contributed by atoms with Crippen molar-refractivity contribution in [2.45, 2.75) is 26.2 Å². The second-order valence-electron chi connectivity index (χ2n) is 6.26. The van der Waals surface area contributed by atoms with Crippen LogP contribution in [-0.2, 0) is 17.6 Å². The number of quaternary nitrogens is 1. The van der Waals surface area contributed by atoms with Crippen LogP contribution in [0.5, 0.6) is 0 Å². The highest BCUT2D eigenvalue weighted by Crippen LogP contribution is 2.38. The second-order valence-corrected chi connectivity index (χ2v) is 7.36. The van der Waals surface area contributed by atoms with Crippen molar-refractivity contribution in [2.24, 2.45) is 0 Å². The number of anilines is 1. The third-order valence-corrected chi connectivity index (χ3v) is 6.01. The van der Waals surface area contributed by atoms with Crippen molar-refractivity contribution in [2.75, 3.05) is 44.6 Å². The van der Waals surface area contributed by atoms with Crippen molar-refractivity contribution >= 4 is 28.2 Å². The summed E-state index contributed by atoms with van der Waals surface area (Å²) in [7, 11) is 0. The van der Waals surface area contributed by atoms with Gasteiger partial charge in [0, 0.05) is 23.5 Å². The molecule has 2 N–H and O–H groups in total. The summed E-state index contributed by atoms with van der Waals surface area (Å²) < 4.78 is 0. The van der Waals surface area contributed by atoms with E-state index < -0.39 is 5.97 Å². The highest BCUT2D eigenvalue weighted by molar-refractivity contribution is 7.17. The van der Waals surface area contributed by atoms with Gasteiger partial charge < -0.3 is 20.1 Å². The van der Waals surface area contributed by atoms with Gasteiger partial charge in [-0.05, 0) is 31.4 Å². The van der Waals surface area contributed by atoms with Crippen molar-refractivity contribution in [1.82, 2.24) is 4.90 Å². The Morgan fingerprint density at radius 2 is 2.04 bits per heavy atom. The van der Waals surface area contributed by atoms with Crippen LogP contribution in [0.4, 0.5) is 5.00 Å². The summed E-state index contributed by atoms with van der Waals surface area (Å²) >= 11 is 1.40. The van der Waals surface area contributed by atoms with Gasteiger partial charge in [-0.3, -0.25) is 9.69 Å². The molecule has 0 unspecified atom stereocenters.